The lowest BCUT2D eigenvalue weighted by atomic mass is 9.87. The Kier molecular flexibility index (Phi) is 5.74. The van der Waals surface area contributed by atoms with Gasteiger partial charge in [-0.25, -0.2) is 4.39 Å². The molecule has 1 aromatic heterocycles. The third kappa shape index (κ3) is 4.51. The molecule has 3 aromatic carbocycles. The lowest BCUT2D eigenvalue weighted by molar-refractivity contribution is -0.137. The molecule has 32 heavy (non-hydrogen) atoms. The van der Waals surface area contributed by atoms with Crippen LogP contribution in [0.15, 0.2) is 79.0 Å². The van der Waals surface area contributed by atoms with Crippen LogP contribution in [-0.2, 0) is 17.5 Å². The largest absolute Gasteiger partial charge is 0.416 e. The molecule has 0 aliphatic heterocycles. The zero-order valence-electron chi connectivity index (χ0n) is 16.9. The monoisotopic (exact) mass is 440 g/mol. The van der Waals surface area contributed by atoms with E-state index in [9.17, 15) is 22.4 Å². The summed E-state index contributed by atoms with van der Waals surface area (Å²) in [6.45, 7) is 0.469. The van der Waals surface area contributed by atoms with Crippen LogP contribution in [0.1, 0.15) is 34.6 Å². The van der Waals surface area contributed by atoms with Crippen LogP contribution in [-0.4, -0.2) is 10.5 Å². The van der Waals surface area contributed by atoms with Gasteiger partial charge in [-0.15, -0.1) is 0 Å². The van der Waals surface area contributed by atoms with E-state index in [2.05, 4.69) is 0 Å². The van der Waals surface area contributed by atoms with Crippen molar-refractivity contribution < 1.29 is 22.4 Å². The molecule has 0 fully saturated rings. The van der Waals surface area contributed by atoms with E-state index in [4.69, 9.17) is 5.73 Å². The normalized spacial score (nSPS) is 12.8. The molecule has 0 spiro atoms. The maximum atomic E-state index is 13.3. The summed E-state index contributed by atoms with van der Waals surface area (Å²) in [6.07, 6.45) is -2.60. The fourth-order valence-electron chi connectivity index (χ4n) is 3.98. The fourth-order valence-corrected chi connectivity index (χ4v) is 3.98. The van der Waals surface area contributed by atoms with Crippen molar-refractivity contribution in [1.29, 1.82) is 0 Å². The number of hydrogen-bond acceptors (Lipinski definition) is 1. The number of fused-ring (bicyclic) bond motifs is 1. The number of alkyl halides is 3. The average Bonchev–Trinajstić information content (AvgIpc) is 3.11. The molecule has 0 unspecified atom stereocenters. The molecule has 0 saturated carbocycles. The lowest BCUT2D eigenvalue weighted by Gasteiger charge is -2.17. The number of halogens is 4. The summed E-state index contributed by atoms with van der Waals surface area (Å²) in [6, 6.07) is 18.6. The zero-order chi connectivity index (χ0) is 22.9. The molecule has 0 saturated heterocycles. The standard InChI is InChI=1S/C25H20F4N2O/c26-19-11-5-16(6-12-19)14-31-15-22(20-3-1-2-4-23(20)31)21(13-24(30)32)17-7-9-18(10-8-17)25(27,28)29/h1-12,15,21H,13-14H2,(H2,30,32)/t21-/m1/s1. The van der Waals surface area contributed by atoms with Gasteiger partial charge < -0.3 is 10.3 Å². The van der Waals surface area contributed by atoms with Crippen LogP contribution in [0.5, 0.6) is 0 Å². The van der Waals surface area contributed by atoms with E-state index in [0.717, 1.165) is 34.2 Å². The van der Waals surface area contributed by atoms with Gasteiger partial charge in [0.15, 0.2) is 0 Å². The lowest BCUT2D eigenvalue weighted by Crippen LogP contribution is -2.16. The molecule has 3 nitrogen and oxygen atoms in total. The van der Waals surface area contributed by atoms with Crippen LogP contribution in [0, 0.1) is 5.82 Å². The number of rotatable bonds is 6. The third-order valence-electron chi connectivity index (χ3n) is 5.51. The topological polar surface area (TPSA) is 48.0 Å². The number of nitrogens with zero attached hydrogens (tertiary/aromatic N) is 1. The minimum atomic E-state index is -4.44. The highest BCUT2D eigenvalue weighted by atomic mass is 19.4. The highest BCUT2D eigenvalue weighted by molar-refractivity contribution is 5.86. The highest BCUT2D eigenvalue weighted by Crippen LogP contribution is 2.36. The molecule has 1 amide bonds. The Bertz CT molecular complexity index is 1240. The van der Waals surface area contributed by atoms with E-state index < -0.39 is 23.6 Å². The van der Waals surface area contributed by atoms with E-state index in [0.29, 0.717) is 12.1 Å². The number of amides is 1. The molecular formula is C25H20F4N2O. The molecule has 2 N–H and O–H groups in total. The summed E-state index contributed by atoms with van der Waals surface area (Å²) in [5.41, 5.74) is 7.89. The van der Waals surface area contributed by atoms with Gasteiger partial charge in [0.1, 0.15) is 5.82 Å². The summed E-state index contributed by atoms with van der Waals surface area (Å²) < 4.78 is 54.3. The summed E-state index contributed by atoms with van der Waals surface area (Å²) in [5.74, 6) is -1.38. The molecule has 0 bridgehead atoms. The summed E-state index contributed by atoms with van der Waals surface area (Å²) >= 11 is 0. The molecule has 7 heteroatoms. The van der Waals surface area contributed by atoms with Crippen LogP contribution in [0.3, 0.4) is 0 Å². The first-order valence-corrected chi connectivity index (χ1v) is 10.00. The number of benzene rings is 3. The van der Waals surface area contributed by atoms with E-state index in [1.54, 1.807) is 12.1 Å². The van der Waals surface area contributed by atoms with Crippen molar-refractivity contribution in [2.45, 2.75) is 25.1 Å². The summed E-state index contributed by atoms with van der Waals surface area (Å²) in [4.78, 5) is 11.8. The van der Waals surface area contributed by atoms with Crippen molar-refractivity contribution in [3.63, 3.8) is 0 Å². The van der Waals surface area contributed by atoms with Gasteiger partial charge in [-0.1, -0.05) is 42.5 Å². The van der Waals surface area contributed by atoms with Crippen LogP contribution in [0.4, 0.5) is 17.6 Å². The van der Waals surface area contributed by atoms with Crippen molar-refractivity contribution in [3.8, 4) is 0 Å². The minimum Gasteiger partial charge on any atom is -0.370 e. The second kappa shape index (κ2) is 8.49. The predicted molar refractivity (Wildman–Crippen MR) is 115 cm³/mol. The Labute approximate surface area is 182 Å². The number of primary amides is 1. The Hall–Kier alpha value is -3.61. The van der Waals surface area contributed by atoms with Gasteiger partial charge in [-0.2, -0.15) is 13.2 Å². The van der Waals surface area contributed by atoms with Gasteiger partial charge >= 0.3 is 6.18 Å². The average molecular weight is 440 g/mol. The number of carbonyl (C=O) groups is 1. The van der Waals surface area contributed by atoms with Crippen LogP contribution in [0.25, 0.3) is 10.9 Å². The molecule has 0 aliphatic carbocycles. The zero-order valence-corrected chi connectivity index (χ0v) is 16.9. The van der Waals surface area contributed by atoms with E-state index in [1.807, 2.05) is 35.0 Å². The Balaban J connectivity index is 1.79. The van der Waals surface area contributed by atoms with Gasteiger partial charge in [-0.3, -0.25) is 4.79 Å². The molecule has 4 aromatic rings. The van der Waals surface area contributed by atoms with Crippen LogP contribution in [0.2, 0.25) is 0 Å². The number of aromatic nitrogens is 1. The Morgan fingerprint density at radius 3 is 2.22 bits per heavy atom. The van der Waals surface area contributed by atoms with Crippen molar-refractivity contribution in [2.24, 2.45) is 5.73 Å². The smallest absolute Gasteiger partial charge is 0.370 e. The number of nitrogens with two attached hydrogens (primary N) is 1. The van der Waals surface area contributed by atoms with Crippen molar-refractivity contribution in [3.05, 3.63) is 107 Å². The van der Waals surface area contributed by atoms with Crippen molar-refractivity contribution >= 4 is 16.8 Å². The molecule has 1 heterocycles. The van der Waals surface area contributed by atoms with E-state index in [1.165, 1.54) is 24.3 Å². The second-order valence-electron chi connectivity index (χ2n) is 7.70. The second-order valence-corrected chi connectivity index (χ2v) is 7.70. The van der Waals surface area contributed by atoms with Gasteiger partial charge in [0.25, 0.3) is 0 Å². The Morgan fingerprint density at radius 2 is 1.59 bits per heavy atom. The van der Waals surface area contributed by atoms with Crippen LogP contribution >= 0.6 is 0 Å². The van der Waals surface area contributed by atoms with Crippen molar-refractivity contribution in [2.75, 3.05) is 0 Å². The maximum absolute atomic E-state index is 13.3. The predicted octanol–water partition coefficient (Wildman–Crippen LogP) is 5.85. The first-order chi connectivity index (χ1) is 15.2. The minimum absolute atomic E-state index is 0.0457. The fraction of sp³-hybridized carbons (Fsp3) is 0.160. The van der Waals surface area contributed by atoms with Gasteiger partial charge in [-0.05, 0) is 47.0 Å². The quantitative estimate of drug-likeness (QED) is 0.376. The Morgan fingerprint density at radius 1 is 0.938 bits per heavy atom. The molecular weight excluding hydrogens is 420 g/mol. The van der Waals surface area contributed by atoms with Gasteiger partial charge in [0.05, 0.1) is 5.56 Å². The first kappa shape index (κ1) is 21.6. The maximum Gasteiger partial charge on any atom is 0.416 e. The molecule has 0 aliphatic rings. The summed E-state index contributed by atoms with van der Waals surface area (Å²) in [7, 11) is 0. The molecule has 1 atom stereocenters. The van der Waals surface area contributed by atoms with E-state index >= 15 is 0 Å². The molecule has 0 radical (unpaired) electrons. The summed E-state index contributed by atoms with van der Waals surface area (Å²) in [5, 5.41) is 0.876. The molecule has 164 valence electrons. The van der Waals surface area contributed by atoms with Crippen molar-refractivity contribution in [1.82, 2.24) is 4.57 Å². The SMILES string of the molecule is NC(=O)C[C@H](c1ccc(C(F)(F)F)cc1)c1cn(Cc2ccc(F)cc2)c2ccccc12. The van der Waals surface area contributed by atoms with E-state index in [-0.39, 0.29) is 12.2 Å². The van der Waals surface area contributed by atoms with Crippen LogP contribution < -0.4 is 5.73 Å². The number of para-hydroxylation sites is 1. The highest BCUT2D eigenvalue weighted by Gasteiger charge is 2.31. The third-order valence-corrected chi connectivity index (χ3v) is 5.51. The van der Waals surface area contributed by atoms with Gasteiger partial charge in [0.2, 0.25) is 5.91 Å². The number of hydrogen-bond donors (Lipinski definition) is 1. The number of carbonyl (C=O) groups excluding carboxylic acids is 1. The van der Waals surface area contributed by atoms with Gasteiger partial charge in [0, 0.05) is 36.0 Å². The first-order valence-electron chi connectivity index (χ1n) is 10.00. The molecule has 4 rings (SSSR count).